The fraction of sp³-hybridized carbons (Fsp3) is 0.0769. The third kappa shape index (κ3) is 3.29. The highest BCUT2D eigenvalue weighted by Gasteiger charge is 2.20. The molecule has 0 saturated heterocycles. The first kappa shape index (κ1) is 14.8. The molecule has 2 aromatic rings. The maximum absolute atomic E-state index is 12.2. The fourth-order valence-electron chi connectivity index (χ4n) is 1.68. The summed E-state index contributed by atoms with van der Waals surface area (Å²) in [6.07, 6.45) is 0. The molecule has 0 fully saturated rings. The zero-order valence-corrected chi connectivity index (χ0v) is 11.8. The van der Waals surface area contributed by atoms with E-state index in [1.807, 2.05) is 0 Å². The number of nitro benzene ring substituents is 1. The second-order valence-electron chi connectivity index (χ2n) is 4.06. The Balaban J connectivity index is 2.35. The van der Waals surface area contributed by atoms with Crippen LogP contribution in [-0.4, -0.2) is 20.5 Å². The molecular formula is C13H12N2O5S. The molecule has 0 aliphatic heterocycles. The number of para-hydroxylation sites is 2. The van der Waals surface area contributed by atoms with Crippen LogP contribution in [0.3, 0.4) is 0 Å². The smallest absolute Gasteiger partial charge is 0.293 e. The van der Waals surface area contributed by atoms with Gasteiger partial charge in [-0.05, 0) is 30.3 Å². The monoisotopic (exact) mass is 308 g/mol. The highest BCUT2D eigenvalue weighted by molar-refractivity contribution is 7.92. The zero-order valence-electron chi connectivity index (χ0n) is 11.0. The van der Waals surface area contributed by atoms with Crippen molar-refractivity contribution in [2.75, 3.05) is 11.8 Å². The predicted octanol–water partition coefficient (Wildman–Crippen LogP) is 2.40. The average molecular weight is 308 g/mol. The van der Waals surface area contributed by atoms with Crippen molar-refractivity contribution in [2.24, 2.45) is 0 Å². The standard InChI is InChI=1S/C13H12N2O5S/c1-20-10-6-8-11(9-7-10)21(18,19)14-12-4-2-3-5-13(12)15(16)17/h2-9,14H,1H3. The molecule has 0 aliphatic rings. The molecule has 2 rings (SSSR count). The van der Waals surface area contributed by atoms with Gasteiger partial charge in [0.25, 0.3) is 15.7 Å². The van der Waals surface area contributed by atoms with Crippen molar-refractivity contribution in [3.05, 3.63) is 58.6 Å². The Hall–Kier alpha value is -2.61. The summed E-state index contributed by atoms with van der Waals surface area (Å²) >= 11 is 0. The van der Waals surface area contributed by atoms with Crippen LogP contribution in [0.5, 0.6) is 5.75 Å². The summed E-state index contributed by atoms with van der Waals surface area (Å²) in [5.74, 6) is 0.514. The van der Waals surface area contributed by atoms with E-state index in [9.17, 15) is 18.5 Å². The zero-order chi connectivity index (χ0) is 15.5. The third-order valence-electron chi connectivity index (χ3n) is 2.71. The number of hydrogen-bond donors (Lipinski definition) is 1. The minimum atomic E-state index is -3.90. The molecule has 1 N–H and O–H groups in total. The number of nitrogens with one attached hydrogen (secondary N) is 1. The maximum Gasteiger partial charge on any atom is 0.293 e. The van der Waals surface area contributed by atoms with Crippen molar-refractivity contribution in [3.63, 3.8) is 0 Å². The van der Waals surface area contributed by atoms with Crippen molar-refractivity contribution in [3.8, 4) is 5.75 Å². The van der Waals surface area contributed by atoms with Gasteiger partial charge in [0, 0.05) is 6.07 Å². The van der Waals surface area contributed by atoms with E-state index in [0.29, 0.717) is 5.75 Å². The number of anilines is 1. The molecule has 7 nitrogen and oxygen atoms in total. The number of sulfonamides is 1. The second kappa shape index (κ2) is 5.80. The van der Waals surface area contributed by atoms with Gasteiger partial charge in [-0.1, -0.05) is 12.1 Å². The minimum Gasteiger partial charge on any atom is -0.497 e. The van der Waals surface area contributed by atoms with Crippen molar-refractivity contribution >= 4 is 21.4 Å². The molecule has 0 amide bonds. The lowest BCUT2D eigenvalue weighted by Crippen LogP contribution is -2.13. The van der Waals surface area contributed by atoms with Gasteiger partial charge in [0.15, 0.2) is 0 Å². The molecule has 0 atom stereocenters. The summed E-state index contributed by atoms with van der Waals surface area (Å²) in [5, 5.41) is 10.9. The van der Waals surface area contributed by atoms with Gasteiger partial charge in [-0.3, -0.25) is 14.8 Å². The second-order valence-corrected chi connectivity index (χ2v) is 5.74. The van der Waals surface area contributed by atoms with Crippen LogP contribution in [0.15, 0.2) is 53.4 Å². The summed E-state index contributed by atoms with van der Waals surface area (Å²) in [4.78, 5) is 10.2. The van der Waals surface area contributed by atoms with E-state index in [1.165, 1.54) is 55.6 Å². The number of nitrogens with zero attached hydrogens (tertiary/aromatic N) is 1. The minimum absolute atomic E-state index is 0.0125. The third-order valence-corrected chi connectivity index (χ3v) is 4.10. The molecule has 0 heterocycles. The SMILES string of the molecule is COc1ccc(S(=O)(=O)Nc2ccccc2[N+](=O)[O-])cc1. The van der Waals surface area contributed by atoms with Gasteiger partial charge in [-0.15, -0.1) is 0 Å². The summed E-state index contributed by atoms with van der Waals surface area (Å²) in [6.45, 7) is 0. The number of benzene rings is 2. The summed E-state index contributed by atoms with van der Waals surface area (Å²) in [5.41, 5.74) is -0.395. The van der Waals surface area contributed by atoms with Crippen LogP contribution in [-0.2, 0) is 10.0 Å². The van der Waals surface area contributed by atoms with Crippen LogP contribution in [0.1, 0.15) is 0 Å². The Bertz CT molecular complexity index is 756. The van der Waals surface area contributed by atoms with Gasteiger partial charge < -0.3 is 4.74 Å². The van der Waals surface area contributed by atoms with E-state index >= 15 is 0 Å². The van der Waals surface area contributed by atoms with Crippen molar-refractivity contribution in [1.82, 2.24) is 0 Å². The van der Waals surface area contributed by atoms with Crippen LogP contribution in [0.25, 0.3) is 0 Å². The highest BCUT2D eigenvalue weighted by Crippen LogP contribution is 2.26. The van der Waals surface area contributed by atoms with Crippen molar-refractivity contribution in [1.29, 1.82) is 0 Å². The number of methoxy groups -OCH3 is 1. The van der Waals surface area contributed by atoms with E-state index < -0.39 is 14.9 Å². The Morgan fingerprint density at radius 2 is 1.71 bits per heavy atom. The molecule has 8 heteroatoms. The van der Waals surface area contributed by atoms with Gasteiger partial charge in [0.2, 0.25) is 0 Å². The molecule has 0 saturated carbocycles. The average Bonchev–Trinajstić information content (AvgIpc) is 2.47. The first-order valence-electron chi connectivity index (χ1n) is 5.84. The molecule has 0 unspecified atom stereocenters. The Morgan fingerprint density at radius 3 is 2.29 bits per heavy atom. The van der Waals surface area contributed by atoms with Crippen molar-refractivity contribution in [2.45, 2.75) is 4.90 Å². The lowest BCUT2D eigenvalue weighted by Gasteiger charge is -2.09. The van der Waals surface area contributed by atoms with E-state index in [2.05, 4.69) is 4.72 Å². The van der Waals surface area contributed by atoms with Crippen LogP contribution in [0.2, 0.25) is 0 Å². The number of rotatable bonds is 5. The molecule has 110 valence electrons. The topological polar surface area (TPSA) is 98.5 Å². The normalized spacial score (nSPS) is 10.9. The van der Waals surface area contributed by atoms with Gasteiger partial charge in [0.05, 0.1) is 16.9 Å². The Kier molecular flexibility index (Phi) is 4.08. The molecule has 0 bridgehead atoms. The van der Waals surface area contributed by atoms with Crippen LogP contribution < -0.4 is 9.46 Å². The maximum atomic E-state index is 12.2. The van der Waals surface area contributed by atoms with Crippen LogP contribution in [0, 0.1) is 10.1 Å². The van der Waals surface area contributed by atoms with E-state index in [4.69, 9.17) is 4.74 Å². The molecular weight excluding hydrogens is 296 g/mol. The highest BCUT2D eigenvalue weighted by atomic mass is 32.2. The van der Waals surface area contributed by atoms with Crippen molar-refractivity contribution < 1.29 is 18.1 Å². The van der Waals surface area contributed by atoms with Gasteiger partial charge in [-0.2, -0.15) is 0 Å². The molecule has 0 radical (unpaired) electrons. The van der Waals surface area contributed by atoms with Crippen LogP contribution >= 0.6 is 0 Å². The quantitative estimate of drug-likeness (QED) is 0.675. The molecule has 0 aliphatic carbocycles. The first-order chi connectivity index (χ1) is 9.94. The predicted molar refractivity (Wildman–Crippen MR) is 76.9 cm³/mol. The number of ether oxygens (including phenoxy) is 1. The Labute approximate surface area is 121 Å². The van der Waals surface area contributed by atoms with E-state index in [0.717, 1.165) is 0 Å². The lowest BCUT2D eigenvalue weighted by molar-refractivity contribution is -0.383. The number of nitro groups is 1. The number of hydrogen-bond acceptors (Lipinski definition) is 5. The summed E-state index contributed by atoms with van der Waals surface area (Å²) in [6, 6.07) is 11.2. The largest absolute Gasteiger partial charge is 0.497 e. The van der Waals surface area contributed by atoms with E-state index in [1.54, 1.807) is 0 Å². The molecule has 2 aromatic carbocycles. The van der Waals surface area contributed by atoms with Gasteiger partial charge in [0.1, 0.15) is 11.4 Å². The molecule has 21 heavy (non-hydrogen) atoms. The van der Waals surface area contributed by atoms with Gasteiger partial charge in [-0.25, -0.2) is 8.42 Å². The molecule has 0 aromatic heterocycles. The van der Waals surface area contributed by atoms with E-state index in [-0.39, 0.29) is 16.3 Å². The fourth-order valence-corrected chi connectivity index (χ4v) is 2.75. The van der Waals surface area contributed by atoms with Gasteiger partial charge >= 0.3 is 0 Å². The first-order valence-corrected chi connectivity index (χ1v) is 7.32. The van der Waals surface area contributed by atoms with Crippen LogP contribution in [0.4, 0.5) is 11.4 Å². The Morgan fingerprint density at radius 1 is 1.10 bits per heavy atom. The molecule has 0 spiro atoms. The lowest BCUT2D eigenvalue weighted by atomic mass is 10.3. The summed E-state index contributed by atoms with van der Waals surface area (Å²) < 4.78 is 31.6. The summed E-state index contributed by atoms with van der Waals surface area (Å²) in [7, 11) is -2.44.